The van der Waals surface area contributed by atoms with Crippen LogP contribution >= 0.6 is 0 Å². The van der Waals surface area contributed by atoms with Crippen molar-refractivity contribution in [2.24, 2.45) is 0 Å². The summed E-state index contributed by atoms with van der Waals surface area (Å²) < 4.78 is 40.0. The number of aryl methyl sites for hydroxylation is 1. The quantitative estimate of drug-likeness (QED) is 0.517. The lowest BCUT2D eigenvalue weighted by Crippen LogP contribution is -2.31. The van der Waals surface area contributed by atoms with E-state index in [0.717, 1.165) is 11.1 Å². The normalized spacial score (nSPS) is 11.7. The zero-order valence-electron chi connectivity index (χ0n) is 15.5. The topological polar surface area (TPSA) is 69.0 Å². The smallest absolute Gasteiger partial charge is 0.266 e. The van der Waals surface area contributed by atoms with E-state index in [0.29, 0.717) is 15.2 Å². The monoisotopic (exact) mass is 408 g/mol. The molecule has 4 aromatic rings. The maximum Gasteiger partial charge on any atom is 0.289 e. The van der Waals surface area contributed by atoms with Crippen molar-refractivity contribution in [3.63, 3.8) is 0 Å². The maximum atomic E-state index is 13.2. The Morgan fingerprint density at radius 2 is 1.52 bits per heavy atom. The number of aromatic nitrogens is 2. The molecule has 0 bridgehead atoms. The third-order valence-electron chi connectivity index (χ3n) is 4.68. The Kier molecular flexibility index (Phi) is 4.76. The van der Waals surface area contributed by atoms with Crippen molar-refractivity contribution in [2.75, 3.05) is 0 Å². The van der Waals surface area contributed by atoms with Crippen LogP contribution in [-0.4, -0.2) is 17.6 Å². The second-order valence-corrected chi connectivity index (χ2v) is 8.53. The van der Waals surface area contributed by atoms with Crippen LogP contribution in [0.1, 0.15) is 16.8 Å². The van der Waals surface area contributed by atoms with E-state index in [2.05, 4.69) is 5.10 Å². The van der Waals surface area contributed by atoms with Gasteiger partial charge >= 0.3 is 0 Å². The number of benzene rings is 3. The van der Waals surface area contributed by atoms with Crippen molar-refractivity contribution in [1.82, 2.24) is 9.19 Å². The van der Waals surface area contributed by atoms with Gasteiger partial charge in [-0.3, -0.25) is 4.79 Å². The van der Waals surface area contributed by atoms with Crippen LogP contribution < -0.4 is 5.56 Å². The van der Waals surface area contributed by atoms with Crippen molar-refractivity contribution in [2.45, 2.75) is 18.2 Å². The van der Waals surface area contributed by atoms with Gasteiger partial charge in [0.15, 0.2) is 0 Å². The van der Waals surface area contributed by atoms with Gasteiger partial charge in [0.2, 0.25) is 0 Å². The van der Waals surface area contributed by atoms with E-state index in [1.807, 2.05) is 6.92 Å². The largest absolute Gasteiger partial charge is 0.289 e. The number of hydrogen-bond donors (Lipinski definition) is 0. The summed E-state index contributed by atoms with van der Waals surface area (Å²) in [5.74, 6) is -0.363. The third kappa shape index (κ3) is 3.56. The van der Waals surface area contributed by atoms with E-state index in [-0.39, 0.29) is 22.5 Å². The van der Waals surface area contributed by atoms with Crippen molar-refractivity contribution in [1.29, 1.82) is 0 Å². The van der Waals surface area contributed by atoms with Crippen molar-refractivity contribution >= 4 is 20.8 Å². The molecule has 0 saturated carbocycles. The van der Waals surface area contributed by atoms with Crippen LogP contribution in [0, 0.1) is 12.7 Å². The Morgan fingerprint density at radius 3 is 2.17 bits per heavy atom. The summed E-state index contributed by atoms with van der Waals surface area (Å²) >= 11 is 0. The molecule has 0 atom stereocenters. The molecule has 5 nitrogen and oxygen atoms in total. The molecule has 3 aromatic carbocycles. The predicted octanol–water partition coefficient (Wildman–Crippen LogP) is 3.67. The van der Waals surface area contributed by atoms with Crippen molar-refractivity contribution < 1.29 is 12.8 Å². The van der Waals surface area contributed by atoms with Crippen LogP contribution in [0.4, 0.5) is 4.39 Å². The van der Waals surface area contributed by atoms with Crippen LogP contribution in [-0.2, 0) is 16.4 Å². The lowest BCUT2D eigenvalue weighted by molar-refractivity contribution is 0.575. The molecule has 146 valence electrons. The van der Waals surface area contributed by atoms with Gasteiger partial charge in [0.25, 0.3) is 15.6 Å². The molecule has 0 amide bonds. The lowest BCUT2D eigenvalue weighted by Gasteiger charge is -2.12. The van der Waals surface area contributed by atoms with Gasteiger partial charge in [-0.25, -0.2) is 4.39 Å². The molecule has 1 aromatic heterocycles. The van der Waals surface area contributed by atoms with Gasteiger partial charge in [-0.05, 0) is 42.8 Å². The number of hydrogen-bond acceptors (Lipinski definition) is 4. The highest BCUT2D eigenvalue weighted by atomic mass is 32.2. The first kappa shape index (κ1) is 19.0. The Balaban J connectivity index is 1.93. The van der Waals surface area contributed by atoms with Crippen LogP contribution in [0.15, 0.2) is 82.5 Å². The molecule has 1 heterocycles. The number of nitrogens with zero attached hydrogens (tertiary/aromatic N) is 2. The highest BCUT2D eigenvalue weighted by Gasteiger charge is 2.23. The SMILES string of the molecule is Cc1ccc(S(=O)(=O)n2nc(Cc3ccc(F)cc3)c3ccccc3c2=O)cc1. The molecule has 0 spiro atoms. The van der Waals surface area contributed by atoms with Gasteiger partial charge in [0, 0.05) is 11.8 Å². The van der Waals surface area contributed by atoms with Gasteiger partial charge < -0.3 is 0 Å². The Morgan fingerprint density at radius 1 is 0.897 bits per heavy atom. The highest BCUT2D eigenvalue weighted by molar-refractivity contribution is 7.89. The molecule has 0 aliphatic rings. The van der Waals surface area contributed by atoms with E-state index >= 15 is 0 Å². The Labute approximate surface area is 167 Å². The van der Waals surface area contributed by atoms with Gasteiger partial charge in [-0.2, -0.15) is 13.5 Å². The predicted molar refractivity (Wildman–Crippen MR) is 109 cm³/mol. The van der Waals surface area contributed by atoms with E-state index in [1.54, 1.807) is 48.5 Å². The van der Waals surface area contributed by atoms with E-state index in [1.165, 1.54) is 24.3 Å². The number of rotatable bonds is 4. The molecule has 0 radical (unpaired) electrons. The molecule has 0 fully saturated rings. The first-order chi connectivity index (χ1) is 13.9. The van der Waals surface area contributed by atoms with Crippen LogP contribution in [0.2, 0.25) is 0 Å². The minimum absolute atomic E-state index is 0.0132. The standard InChI is InChI=1S/C22H17FN2O3S/c1-15-6-12-18(13-7-15)29(27,28)25-22(26)20-5-3-2-4-19(20)21(24-25)14-16-8-10-17(23)11-9-16/h2-13H,14H2,1H3. The summed E-state index contributed by atoms with van der Waals surface area (Å²) in [6.07, 6.45) is 0.254. The van der Waals surface area contributed by atoms with Gasteiger partial charge in [-0.15, -0.1) is 4.09 Å². The second-order valence-electron chi connectivity index (χ2n) is 6.76. The van der Waals surface area contributed by atoms with Crippen LogP contribution in [0.3, 0.4) is 0 Å². The minimum Gasteiger partial charge on any atom is -0.266 e. The Bertz CT molecular complexity index is 1360. The van der Waals surface area contributed by atoms with E-state index < -0.39 is 15.6 Å². The summed E-state index contributed by atoms with van der Waals surface area (Å²) in [4.78, 5) is 12.9. The number of fused-ring (bicyclic) bond motifs is 1. The maximum absolute atomic E-state index is 13.2. The molecule has 0 aliphatic heterocycles. The fourth-order valence-electron chi connectivity index (χ4n) is 3.13. The van der Waals surface area contributed by atoms with E-state index in [9.17, 15) is 17.6 Å². The highest BCUT2D eigenvalue weighted by Crippen LogP contribution is 2.19. The van der Waals surface area contributed by atoms with Gasteiger partial charge in [0.05, 0.1) is 16.0 Å². The van der Waals surface area contributed by atoms with Crippen molar-refractivity contribution in [3.05, 3.63) is 106 Å². The first-order valence-corrected chi connectivity index (χ1v) is 10.4. The summed E-state index contributed by atoms with van der Waals surface area (Å²) in [6.45, 7) is 1.84. The molecule has 0 saturated heterocycles. The second kappa shape index (κ2) is 7.25. The number of halogens is 1. The Hall–Kier alpha value is -3.32. The molecule has 4 rings (SSSR count). The van der Waals surface area contributed by atoms with Gasteiger partial charge in [0.1, 0.15) is 5.82 Å². The van der Waals surface area contributed by atoms with Crippen LogP contribution in [0.5, 0.6) is 0 Å². The molecular weight excluding hydrogens is 391 g/mol. The summed E-state index contributed by atoms with van der Waals surface area (Å²) in [7, 11) is -4.17. The zero-order valence-corrected chi connectivity index (χ0v) is 16.4. The summed E-state index contributed by atoms with van der Waals surface area (Å²) in [5, 5.41) is 5.04. The molecule has 0 unspecified atom stereocenters. The van der Waals surface area contributed by atoms with Crippen LogP contribution in [0.25, 0.3) is 10.8 Å². The summed E-state index contributed by atoms with van der Waals surface area (Å²) in [6, 6.07) is 18.8. The molecular formula is C22H17FN2O3S. The zero-order chi connectivity index (χ0) is 20.6. The fourth-order valence-corrected chi connectivity index (χ4v) is 4.33. The average Bonchev–Trinajstić information content (AvgIpc) is 2.72. The molecule has 7 heteroatoms. The third-order valence-corrected chi connectivity index (χ3v) is 6.26. The minimum atomic E-state index is -4.17. The lowest BCUT2D eigenvalue weighted by atomic mass is 10.0. The first-order valence-electron chi connectivity index (χ1n) is 8.94. The van der Waals surface area contributed by atoms with Gasteiger partial charge in [-0.1, -0.05) is 48.0 Å². The molecule has 0 N–H and O–H groups in total. The summed E-state index contributed by atoms with van der Waals surface area (Å²) in [5.41, 5.74) is 1.37. The average molecular weight is 408 g/mol. The fraction of sp³-hybridized carbons (Fsp3) is 0.0909. The van der Waals surface area contributed by atoms with Crippen molar-refractivity contribution in [3.8, 4) is 0 Å². The van der Waals surface area contributed by atoms with E-state index in [4.69, 9.17) is 0 Å². The molecule has 29 heavy (non-hydrogen) atoms. The molecule has 0 aliphatic carbocycles.